The van der Waals surface area contributed by atoms with E-state index >= 15 is 0 Å². The van der Waals surface area contributed by atoms with Crippen molar-refractivity contribution in [3.8, 4) is 11.3 Å². The number of halogens is 2. The molecule has 0 atom stereocenters. The Morgan fingerprint density at radius 2 is 1.92 bits per heavy atom. The van der Waals surface area contributed by atoms with E-state index in [1.54, 1.807) is 37.7 Å². The molecule has 0 aliphatic rings. The van der Waals surface area contributed by atoms with Gasteiger partial charge in [-0.3, -0.25) is 0 Å². The minimum absolute atomic E-state index is 0.450. The SMILES string of the molecule is COCCNc1nccc(-c2ccnc(Nc3cccc(Cl)c3)n2)c1Cl. The van der Waals surface area contributed by atoms with Gasteiger partial charge in [-0.2, -0.15) is 0 Å². The number of benzene rings is 1. The zero-order chi connectivity index (χ0) is 18.4. The van der Waals surface area contributed by atoms with E-state index in [-0.39, 0.29) is 0 Å². The lowest BCUT2D eigenvalue weighted by molar-refractivity contribution is 0.210. The number of rotatable bonds is 7. The molecule has 0 spiro atoms. The van der Waals surface area contributed by atoms with E-state index in [1.165, 1.54) is 0 Å². The number of aromatic nitrogens is 3. The highest BCUT2D eigenvalue weighted by molar-refractivity contribution is 6.35. The van der Waals surface area contributed by atoms with Gasteiger partial charge in [0.05, 0.1) is 17.3 Å². The van der Waals surface area contributed by atoms with Gasteiger partial charge in [0, 0.05) is 42.3 Å². The average Bonchev–Trinajstić information content (AvgIpc) is 2.63. The standard InChI is InChI=1S/C18H17Cl2N5O/c1-26-10-9-22-17-16(20)14(5-7-21-17)15-6-8-23-18(25-15)24-13-4-2-3-12(19)11-13/h2-8,11H,9-10H2,1H3,(H,21,22)(H,23,24,25). The van der Waals surface area contributed by atoms with Crippen LogP contribution >= 0.6 is 23.2 Å². The molecule has 0 saturated carbocycles. The molecule has 0 fully saturated rings. The number of anilines is 3. The van der Waals surface area contributed by atoms with Gasteiger partial charge in [-0.1, -0.05) is 29.3 Å². The van der Waals surface area contributed by atoms with E-state index in [0.29, 0.717) is 40.7 Å². The summed E-state index contributed by atoms with van der Waals surface area (Å²) in [5.41, 5.74) is 2.25. The fourth-order valence-corrected chi connectivity index (χ4v) is 2.77. The van der Waals surface area contributed by atoms with Crippen LogP contribution < -0.4 is 10.6 Å². The summed E-state index contributed by atoms with van der Waals surface area (Å²) in [5, 5.41) is 7.41. The molecule has 2 N–H and O–H groups in total. The molecule has 0 aliphatic heterocycles. The first-order chi connectivity index (χ1) is 12.7. The molecule has 26 heavy (non-hydrogen) atoms. The van der Waals surface area contributed by atoms with Gasteiger partial charge in [0.1, 0.15) is 5.82 Å². The Morgan fingerprint density at radius 3 is 2.73 bits per heavy atom. The second-order valence-corrected chi connectivity index (χ2v) is 6.16. The van der Waals surface area contributed by atoms with Crippen molar-refractivity contribution < 1.29 is 4.74 Å². The van der Waals surface area contributed by atoms with Crippen LogP contribution in [-0.4, -0.2) is 35.2 Å². The van der Waals surface area contributed by atoms with E-state index in [0.717, 1.165) is 11.3 Å². The summed E-state index contributed by atoms with van der Waals surface area (Å²) in [6.45, 7) is 1.17. The van der Waals surface area contributed by atoms with E-state index in [9.17, 15) is 0 Å². The second-order valence-electron chi connectivity index (χ2n) is 5.34. The largest absolute Gasteiger partial charge is 0.383 e. The molecule has 8 heteroatoms. The van der Waals surface area contributed by atoms with Crippen molar-refractivity contribution in [2.75, 3.05) is 30.9 Å². The minimum Gasteiger partial charge on any atom is -0.383 e. The first-order valence-electron chi connectivity index (χ1n) is 7.90. The number of nitrogens with one attached hydrogen (secondary N) is 2. The predicted octanol–water partition coefficient (Wildman–Crippen LogP) is 4.65. The first-order valence-corrected chi connectivity index (χ1v) is 8.66. The summed E-state index contributed by atoms with van der Waals surface area (Å²) in [5.74, 6) is 1.04. The van der Waals surface area contributed by atoms with Crippen molar-refractivity contribution in [2.45, 2.75) is 0 Å². The van der Waals surface area contributed by atoms with Crippen molar-refractivity contribution in [2.24, 2.45) is 0 Å². The van der Waals surface area contributed by atoms with Crippen LogP contribution in [0.2, 0.25) is 10.0 Å². The molecule has 0 radical (unpaired) electrons. The van der Waals surface area contributed by atoms with Gasteiger partial charge < -0.3 is 15.4 Å². The van der Waals surface area contributed by atoms with Crippen LogP contribution in [-0.2, 0) is 4.74 Å². The highest BCUT2D eigenvalue weighted by atomic mass is 35.5. The van der Waals surface area contributed by atoms with E-state index in [2.05, 4.69) is 25.6 Å². The summed E-state index contributed by atoms with van der Waals surface area (Å²) in [6.07, 6.45) is 3.35. The lowest BCUT2D eigenvalue weighted by Gasteiger charge is -2.11. The second kappa shape index (κ2) is 8.80. The molecule has 0 unspecified atom stereocenters. The molecule has 2 aromatic heterocycles. The average molecular weight is 390 g/mol. The maximum absolute atomic E-state index is 6.49. The summed E-state index contributed by atoms with van der Waals surface area (Å²) < 4.78 is 5.03. The zero-order valence-electron chi connectivity index (χ0n) is 14.0. The van der Waals surface area contributed by atoms with Crippen molar-refractivity contribution in [1.29, 1.82) is 0 Å². The number of nitrogens with zero attached hydrogens (tertiary/aromatic N) is 3. The van der Waals surface area contributed by atoms with Gasteiger partial charge in [-0.05, 0) is 30.3 Å². The monoisotopic (exact) mass is 389 g/mol. The topological polar surface area (TPSA) is 72.0 Å². The van der Waals surface area contributed by atoms with Gasteiger partial charge in [-0.25, -0.2) is 15.0 Å². The van der Waals surface area contributed by atoms with Gasteiger partial charge >= 0.3 is 0 Å². The molecule has 2 heterocycles. The number of hydrogen-bond donors (Lipinski definition) is 2. The highest BCUT2D eigenvalue weighted by Crippen LogP contribution is 2.31. The Kier molecular flexibility index (Phi) is 6.22. The van der Waals surface area contributed by atoms with Crippen molar-refractivity contribution in [3.05, 3.63) is 58.8 Å². The van der Waals surface area contributed by atoms with Gasteiger partial charge in [0.25, 0.3) is 0 Å². The molecule has 0 bridgehead atoms. The number of hydrogen-bond acceptors (Lipinski definition) is 6. The summed E-state index contributed by atoms with van der Waals surface area (Å²) in [7, 11) is 1.64. The van der Waals surface area contributed by atoms with Crippen LogP contribution in [0.5, 0.6) is 0 Å². The lowest BCUT2D eigenvalue weighted by atomic mass is 10.2. The van der Waals surface area contributed by atoms with Crippen LogP contribution in [0.25, 0.3) is 11.3 Å². The first kappa shape index (κ1) is 18.4. The third-order valence-electron chi connectivity index (χ3n) is 3.50. The maximum atomic E-state index is 6.49. The number of ether oxygens (including phenoxy) is 1. The van der Waals surface area contributed by atoms with Crippen LogP contribution in [0, 0.1) is 0 Å². The Hall–Kier alpha value is -2.41. The van der Waals surface area contributed by atoms with Gasteiger partial charge in [0.15, 0.2) is 0 Å². The molecule has 0 amide bonds. The number of pyridine rings is 1. The third-order valence-corrected chi connectivity index (χ3v) is 4.12. The molecule has 0 saturated heterocycles. The quantitative estimate of drug-likeness (QED) is 0.573. The minimum atomic E-state index is 0.450. The van der Waals surface area contributed by atoms with E-state index in [1.807, 2.05) is 18.2 Å². The van der Waals surface area contributed by atoms with Crippen LogP contribution in [0.3, 0.4) is 0 Å². The highest BCUT2D eigenvalue weighted by Gasteiger charge is 2.11. The Morgan fingerprint density at radius 1 is 1.08 bits per heavy atom. The smallest absolute Gasteiger partial charge is 0.227 e. The molecular formula is C18H17Cl2N5O. The van der Waals surface area contributed by atoms with Gasteiger partial charge in [-0.15, -0.1) is 0 Å². The van der Waals surface area contributed by atoms with Crippen LogP contribution in [0.15, 0.2) is 48.8 Å². The Bertz CT molecular complexity index is 891. The molecule has 3 aromatic rings. The summed E-state index contributed by atoms with van der Waals surface area (Å²) in [4.78, 5) is 13.0. The van der Waals surface area contributed by atoms with Crippen molar-refractivity contribution in [1.82, 2.24) is 15.0 Å². The van der Waals surface area contributed by atoms with Crippen LogP contribution in [0.1, 0.15) is 0 Å². The molecule has 0 aliphatic carbocycles. The molecular weight excluding hydrogens is 373 g/mol. The predicted molar refractivity (Wildman–Crippen MR) is 105 cm³/mol. The fourth-order valence-electron chi connectivity index (χ4n) is 2.30. The molecule has 1 aromatic carbocycles. The van der Waals surface area contributed by atoms with Crippen LogP contribution in [0.4, 0.5) is 17.5 Å². The molecule has 6 nitrogen and oxygen atoms in total. The molecule has 3 rings (SSSR count). The maximum Gasteiger partial charge on any atom is 0.227 e. The Balaban J connectivity index is 1.85. The van der Waals surface area contributed by atoms with E-state index in [4.69, 9.17) is 27.9 Å². The summed E-state index contributed by atoms with van der Waals surface area (Å²) in [6, 6.07) is 11.0. The number of methoxy groups -OCH3 is 1. The summed E-state index contributed by atoms with van der Waals surface area (Å²) >= 11 is 12.5. The van der Waals surface area contributed by atoms with Gasteiger partial charge in [0.2, 0.25) is 5.95 Å². The third kappa shape index (κ3) is 4.60. The molecule has 134 valence electrons. The van der Waals surface area contributed by atoms with Crippen molar-refractivity contribution in [3.63, 3.8) is 0 Å². The zero-order valence-corrected chi connectivity index (χ0v) is 15.6. The normalized spacial score (nSPS) is 10.6. The Labute approximate surface area is 161 Å². The van der Waals surface area contributed by atoms with Crippen molar-refractivity contribution >= 4 is 40.7 Å². The fraction of sp³-hybridized carbons (Fsp3) is 0.167. The van der Waals surface area contributed by atoms with E-state index < -0.39 is 0 Å². The lowest BCUT2D eigenvalue weighted by Crippen LogP contribution is -2.09.